The molecule has 21 heavy (non-hydrogen) atoms. The molecule has 1 nitrogen and oxygen atoms in total. The van der Waals surface area contributed by atoms with Gasteiger partial charge in [-0.05, 0) is 0 Å². The predicted octanol–water partition coefficient (Wildman–Crippen LogP) is 3.90. The minimum atomic E-state index is 0.217. The molecule has 0 fully saturated rings. The second-order valence-corrected chi connectivity index (χ2v) is 7.68. The first kappa shape index (κ1) is 14.4. The van der Waals surface area contributed by atoms with Crippen molar-refractivity contribution >= 4 is 39.8 Å². The van der Waals surface area contributed by atoms with Crippen molar-refractivity contribution in [2.45, 2.75) is 0 Å². The van der Waals surface area contributed by atoms with Crippen molar-refractivity contribution in [2.24, 2.45) is 0 Å². The van der Waals surface area contributed by atoms with Gasteiger partial charge in [-0.1, -0.05) is 0 Å². The van der Waals surface area contributed by atoms with Crippen LogP contribution in [0.25, 0.3) is 0 Å². The molecule has 0 atom stereocenters. The first-order valence-electron chi connectivity index (χ1n) is 6.56. The molecule has 0 amide bonds. The van der Waals surface area contributed by atoms with E-state index in [9.17, 15) is 0 Å². The predicted molar refractivity (Wildman–Crippen MR) is 92.1 cm³/mol. The van der Waals surface area contributed by atoms with Crippen LogP contribution in [-0.4, -0.2) is 15.0 Å². The van der Waals surface area contributed by atoms with E-state index in [0.29, 0.717) is 0 Å². The molecule has 3 aromatic carbocycles. The first-order chi connectivity index (χ1) is 10.3. The van der Waals surface area contributed by atoms with Crippen LogP contribution in [-0.2, 0) is 0 Å². The van der Waals surface area contributed by atoms with Gasteiger partial charge < -0.3 is 0 Å². The summed E-state index contributed by atoms with van der Waals surface area (Å²) in [5.74, 6) is 1.79. The molecular formula is C18H13BrOSe. The molecule has 0 aromatic heterocycles. The quantitative estimate of drug-likeness (QED) is 0.600. The summed E-state index contributed by atoms with van der Waals surface area (Å²) < 4.78 is 9.67. The van der Waals surface area contributed by atoms with Crippen LogP contribution in [0.3, 0.4) is 0 Å². The molecule has 0 aliphatic carbocycles. The molecule has 0 spiro atoms. The first-order valence-corrected chi connectivity index (χ1v) is 9.07. The van der Waals surface area contributed by atoms with Gasteiger partial charge in [0.25, 0.3) is 0 Å². The number of benzene rings is 3. The van der Waals surface area contributed by atoms with Crippen LogP contribution in [0.1, 0.15) is 0 Å². The van der Waals surface area contributed by atoms with Gasteiger partial charge in [0.2, 0.25) is 0 Å². The molecule has 0 heterocycles. The van der Waals surface area contributed by atoms with E-state index in [-0.39, 0.29) is 15.0 Å². The summed E-state index contributed by atoms with van der Waals surface area (Å²) in [5.41, 5.74) is 0. The molecule has 0 N–H and O–H groups in total. The van der Waals surface area contributed by atoms with E-state index in [1.807, 2.05) is 48.5 Å². The van der Waals surface area contributed by atoms with Gasteiger partial charge in [-0.25, -0.2) is 0 Å². The topological polar surface area (TPSA) is 9.23 Å². The van der Waals surface area contributed by atoms with Gasteiger partial charge in [-0.2, -0.15) is 0 Å². The van der Waals surface area contributed by atoms with Crippen LogP contribution in [0.15, 0.2) is 83.3 Å². The summed E-state index contributed by atoms with van der Waals surface area (Å²) in [6.07, 6.45) is 0. The molecule has 0 radical (unpaired) electrons. The van der Waals surface area contributed by atoms with Crippen molar-refractivity contribution in [3.63, 3.8) is 0 Å². The van der Waals surface area contributed by atoms with Crippen molar-refractivity contribution in [2.75, 3.05) is 0 Å². The maximum absolute atomic E-state index is 6.03. The zero-order valence-corrected chi connectivity index (χ0v) is 14.5. The fraction of sp³-hybridized carbons (Fsp3) is 0. The summed E-state index contributed by atoms with van der Waals surface area (Å²) >= 11 is 3.77. The summed E-state index contributed by atoms with van der Waals surface area (Å²) in [5, 5.41) is 0. The third kappa shape index (κ3) is 3.98. The zero-order chi connectivity index (χ0) is 14.5. The van der Waals surface area contributed by atoms with Gasteiger partial charge in [0.05, 0.1) is 0 Å². The van der Waals surface area contributed by atoms with Gasteiger partial charge >= 0.3 is 139 Å². The van der Waals surface area contributed by atoms with E-state index in [4.69, 9.17) is 4.74 Å². The Morgan fingerprint density at radius 3 is 2.14 bits per heavy atom. The maximum atomic E-state index is 6.03. The van der Waals surface area contributed by atoms with E-state index in [2.05, 4.69) is 46.3 Å². The Labute approximate surface area is 139 Å². The molecular weight excluding hydrogens is 391 g/mol. The molecule has 0 saturated carbocycles. The van der Waals surface area contributed by atoms with Crippen LogP contribution >= 0.6 is 15.9 Å². The third-order valence-corrected chi connectivity index (χ3v) is 5.54. The Kier molecular flexibility index (Phi) is 4.76. The summed E-state index contributed by atoms with van der Waals surface area (Å²) in [4.78, 5) is 0. The molecule has 0 unspecified atom stereocenters. The number of halogens is 1. The van der Waals surface area contributed by atoms with Gasteiger partial charge in [0.1, 0.15) is 0 Å². The Morgan fingerprint density at radius 1 is 0.762 bits per heavy atom. The summed E-state index contributed by atoms with van der Waals surface area (Å²) in [7, 11) is 0. The summed E-state index contributed by atoms with van der Waals surface area (Å²) in [6, 6.07) is 26.6. The Balaban J connectivity index is 1.90. The van der Waals surface area contributed by atoms with E-state index in [1.165, 1.54) is 8.92 Å². The van der Waals surface area contributed by atoms with Crippen LogP contribution in [0.5, 0.6) is 11.5 Å². The average Bonchev–Trinajstić information content (AvgIpc) is 2.52. The second kappa shape index (κ2) is 6.95. The van der Waals surface area contributed by atoms with Crippen molar-refractivity contribution in [1.82, 2.24) is 0 Å². The van der Waals surface area contributed by atoms with Crippen molar-refractivity contribution in [1.29, 1.82) is 0 Å². The van der Waals surface area contributed by atoms with E-state index in [1.54, 1.807) is 0 Å². The number of hydrogen-bond donors (Lipinski definition) is 0. The molecule has 3 rings (SSSR count). The second-order valence-electron chi connectivity index (χ2n) is 4.42. The number of para-hydroxylation sites is 1. The fourth-order valence-corrected chi connectivity index (χ4v) is 4.56. The van der Waals surface area contributed by atoms with Crippen LogP contribution in [0.4, 0.5) is 0 Å². The number of hydrogen-bond acceptors (Lipinski definition) is 1. The third-order valence-electron chi connectivity index (χ3n) is 2.85. The minimum absolute atomic E-state index is 0.217. The van der Waals surface area contributed by atoms with Crippen molar-refractivity contribution in [3.8, 4) is 11.5 Å². The Bertz CT molecular complexity index is 714. The van der Waals surface area contributed by atoms with Gasteiger partial charge in [-0.3, -0.25) is 0 Å². The van der Waals surface area contributed by atoms with Gasteiger partial charge in [-0.15, -0.1) is 0 Å². The van der Waals surface area contributed by atoms with E-state index >= 15 is 0 Å². The molecule has 3 heteroatoms. The SMILES string of the molecule is Brc1ccc(Oc2ccccc2)c([Se]c2ccccc2)c1. The van der Waals surface area contributed by atoms with Crippen molar-refractivity contribution < 1.29 is 4.74 Å². The van der Waals surface area contributed by atoms with Crippen LogP contribution in [0, 0.1) is 0 Å². The monoisotopic (exact) mass is 404 g/mol. The molecule has 0 aliphatic heterocycles. The van der Waals surface area contributed by atoms with E-state index < -0.39 is 0 Å². The molecule has 104 valence electrons. The van der Waals surface area contributed by atoms with Crippen LogP contribution < -0.4 is 13.7 Å². The molecule has 0 bridgehead atoms. The van der Waals surface area contributed by atoms with Crippen molar-refractivity contribution in [3.05, 3.63) is 83.3 Å². The number of rotatable bonds is 4. The Hall–Kier alpha value is -1.54. The standard InChI is InChI=1S/C18H13BrOSe/c19-14-11-12-17(20-15-7-3-1-4-8-15)18(13-14)21-16-9-5-2-6-10-16/h1-13H. The molecule has 0 saturated heterocycles. The normalized spacial score (nSPS) is 10.3. The fourth-order valence-electron chi connectivity index (χ4n) is 1.88. The van der Waals surface area contributed by atoms with Crippen LogP contribution in [0.2, 0.25) is 0 Å². The van der Waals surface area contributed by atoms with Gasteiger partial charge in [0, 0.05) is 0 Å². The zero-order valence-electron chi connectivity index (χ0n) is 11.2. The average molecular weight is 404 g/mol. The Morgan fingerprint density at radius 2 is 1.43 bits per heavy atom. The molecule has 3 aromatic rings. The summed E-state index contributed by atoms with van der Waals surface area (Å²) in [6.45, 7) is 0. The number of ether oxygens (including phenoxy) is 1. The van der Waals surface area contributed by atoms with Gasteiger partial charge in [0.15, 0.2) is 0 Å². The van der Waals surface area contributed by atoms with E-state index in [0.717, 1.165) is 16.0 Å². The molecule has 0 aliphatic rings.